The summed E-state index contributed by atoms with van der Waals surface area (Å²) in [7, 11) is 0. The molecule has 360 valence electrons. The average Bonchev–Trinajstić information content (AvgIpc) is 3.24. The van der Waals surface area contributed by atoms with E-state index in [1.807, 2.05) is 0 Å². The molecule has 5 aliphatic carbocycles. The molecule has 3 heterocycles. The molecule has 17 nitrogen and oxygen atoms in total. The molecule has 17 heteroatoms. The van der Waals surface area contributed by atoms with E-state index in [-0.39, 0.29) is 34.2 Å². The maximum atomic E-state index is 14.5. The third-order valence-electron chi connectivity index (χ3n) is 17.8. The summed E-state index contributed by atoms with van der Waals surface area (Å²) in [5.41, 5.74) is 1.69. The minimum Gasteiger partial charge on any atom is -0.432 e. The van der Waals surface area contributed by atoms with Crippen molar-refractivity contribution in [2.75, 3.05) is 13.2 Å². The maximum Gasteiger partial charge on any atom is 0.315 e. The summed E-state index contributed by atoms with van der Waals surface area (Å²) in [6.45, 7) is 11.8. The zero-order valence-corrected chi connectivity index (χ0v) is 37.6. The summed E-state index contributed by atoms with van der Waals surface area (Å²) < 4.78 is 35.7. The zero-order valence-electron chi connectivity index (χ0n) is 37.6. The molecule has 0 radical (unpaired) electrons. The molecule has 3 saturated carbocycles. The largest absolute Gasteiger partial charge is 0.432 e. The number of esters is 1. The van der Waals surface area contributed by atoms with Crippen LogP contribution in [-0.2, 0) is 33.2 Å². The van der Waals surface area contributed by atoms with E-state index in [0.29, 0.717) is 31.1 Å². The fourth-order valence-corrected chi connectivity index (χ4v) is 14.1. The second-order valence-electron chi connectivity index (χ2n) is 22.1. The summed E-state index contributed by atoms with van der Waals surface area (Å²) in [5, 5.41) is 105. The molecule has 10 N–H and O–H groups in total. The highest BCUT2D eigenvalue weighted by molar-refractivity contribution is 5.79. The van der Waals surface area contributed by atoms with E-state index >= 15 is 0 Å². The number of aliphatic hydroxyl groups is 10. The summed E-state index contributed by atoms with van der Waals surface area (Å²) in [6.07, 6.45) is -12.6. The minimum atomic E-state index is -1.68. The second-order valence-corrected chi connectivity index (χ2v) is 22.1. The highest BCUT2D eigenvalue weighted by atomic mass is 16.7. The number of allylic oxidation sites excluding steroid dienone is 2. The van der Waals surface area contributed by atoms with E-state index in [9.17, 15) is 55.9 Å². The van der Waals surface area contributed by atoms with Gasteiger partial charge in [-0.1, -0.05) is 45.8 Å². The molecule has 8 rings (SSSR count). The van der Waals surface area contributed by atoms with Crippen molar-refractivity contribution < 1.29 is 84.3 Å². The van der Waals surface area contributed by atoms with Crippen molar-refractivity contribution in [3.05, 3.63) is 11.1 Å². The minimum absolute atomic E-state index is 0.00235. The normalized spacial score (nSPS) is 51.9. The first-order valence-electron chi connectivity index (χ1n) is 23.5. The molecule has 0 unspecified atom stereocenters. The summed E-state index contributed by atoms with van der Waals surface area (Å²) in [4.78, 5) is 14.5. The van der Waals surface area contributed by atoms with E-state index in [1.54, 1.807) is 6.92 Å². The van der Waals surface area contributed by atoms with Crippen LogP contribution in [0.25, 0.3) is 0 Å². The molecule has 0 aromatic rings. The van der Waals surface area contributed by atoms with Gasteiger partial charge < -0.3 is 79.5 Å². The van der Waals surface area contributed by atoms with Gasteiger partial charge in [-0.25, -0.2) is 0 Å². The number of aliphatic hydroxyl groups excluding tert-OH is 10. The Bertz CT molecular complexity index is 1690. The average molecular weight is 899 g/mol. The third-order valence-corrected chi connectivity index (χ3v) is 17.8. The van der Waals surface area contributed by atoms with Crippen LogP contribution >= 0.6 is 0 Å². The van der Waals surface area contributed by atoms with Crippen LogP contribution in [0.3, 0.4) is 0 Å². The number of carbonyl (C=O) groups is 1. The molecule has 22 atom stereocenters. The summed E-state index contributed by atoms with van der Waals surface area (Å²) >= 11 is 0. The summed E-state index contributed by atoms with van der Waals surface area (Å²) in [6, 6.07) is 0. The predicted molar refractivity (Wildman–Crippen MR) is 220 cm³/mol. The van der Waals surface area contributed by atoms with Crippen molar-refractivity contribution in [3.63, 3.8) is 0 Å². The number of ether oxygens (including phenoxy) is 6. The monoisotopic (exact) mass is 898 g/mol. The van der Waals surface area contributed by atoms with Gasteiger partial charge in [0.2, 0.25) is 6.29 Å². The molecular weight excluding hydrogens is 824 g/mol. The lowest BCUT2D eigenvalue weighted by molar-refractivity contribution is -0.364. The van der Waals surface area contributed by atoms with Gasteiger partial charge in [0.1, 0.15) is 67.1 Å². The molecule has 0 aromatic heterocycles. The second kappa shape index (κ2) is 17.6. The standard InChI is InChI=1S/C46H74O17/c1-20-38(62-40-35(54)32(51)30(49)26(18-47)59-40)34(53)37(56)39(58-20)61-29-12-13-45(6)24-9-7-23-21(22(24)8-10-28(45)44(29,4)5)11-14-46(16-15-43(2,3)17-25(23)46)42(57)63-41-36(55)33(52)31(50)27(19-48)60-41/h20,22,24-41,47-56H,7-19H2,1-6H3/t20-,22+,24+,25+,26-,27-,28+,29+,30-,31-,32+,33+,34-,35-,36-,37-,38+,39+,40+,41+,45-,46-/m1/s1. The van der Waals surface area contributed by atoms with Crippen LogP contribution in [-0.4, -0.2) is 168 Å². The van der Waals surface area contributed by atoms with Crippen molar-refractivity contribution in [2.24, 2.45) is 45.3 Å². The SMILES string of the molecule is C[C@H]1O[C@@H](O[C@H]2CC[C@]3(C)[C@H]4CCC5=C(CC[C@@]6(C(=O)O[C@@H]7O[C@H](CO)[C@@H](O)[C@H](O)[C@H]7O)CCC(C)(C)C[C@@H]56)[C@@H]4CC[C@H]3C2(C)C)[C@H](O)[C@@H](O)[C@H]1O[C@@H]1O[C@H](CO)[C@@H](O)[C@H](O)[C@H]1O. The quantitative estimate of drug-likeness (QED) is 0.0904. The molecular formula is C46H74O17. The van der Waals surface area contributed by atoms with Gasteiger partial charge in [-0.3, -0.25) is 4.79 Å². The first kappa shape index (κ1) is 48.1. The lowest BCUT2D eigenvalue weighted by Crippen LogP contribution is -2.64. The Morgan fingerprint density at radius 3 is 1.89 bits per heavy atom. The Morgan fingerprint density at radius 2 is 1.24 bits per heavy atom. The number of fused-ring (bicyclic) bond motifs is 6. The molecule has 0 bridgehead atoms. The van der Waals surface area contributed by atoms with Crippen LogP contribution in [0.4, 0.5) is 0 Å². The molecule has 0 spiro atoms. The number of hydrogen-bond acceptors (Lipinski definition) is 17. The van der Waals surface area contributed by atoms with Gasteiger partial charge in [-0.05, 0) is 117 Å². The summed E-state index contributed by atoms with van der Waals surface area (Å²) in [5.74, 6) is 0.563. The molecule has 63 heavy (non-hydrogen) atoms. The Hall–Kier alpha value is -1.39. The van der Waals surface area contributed by atoms with Crippen molar-refractivity contribution in [1.29, 1.82) is 0 Å². The number of carbonyl (C=O) groups excluding carboxylic acids is 1. The van der Waals surface area contributed by atoms with Crippen LogP contribution in [0.15, 0.2) is 11.1 Å². The molecule has 3 aliphatic heterocycles. The van der Waals surface area contributed by atoms with Gasteiger partial charge in [-0.2, -0.15) is 0 Å². The fraction of sp³-hybridized carbons (Fsp3) is 0.935. The number of rotatable bonds is 8. The van der Waals surface area contributed by atoms with E-state index in [1.165, 1.54) is 11.1 Å². The first-order chi connectivity index (χ1) is 29.6. The van der Waals surface area contributed by atoms with E-state index < -0.39 is 117 Å². The van der Waals surface area contributed by atoms with Crippen LogP contribution < -0.4 is 0 Å². The predicted octanol–water partition coefficient (Wildman–Crippen LogP) is 0.532. The van der Waals surface area contributed by atoms with Gasteiger partial charge in [0.25, 0.3) is 0 Å². The van der Waals surface area contributed by atoms with Gasteiger partial charge in [0.15, 0.2) is 12.6 Å². The third kappa shape index (κ3) is 8.07. The topological polar surface area (TPSA) is 275 Å². The van der Waals surface area contributed by atoms with Crippen molar-refractivity contribution >= 4 is 5.97 Å². The Morgan fingerprint density at radius 1 is 0.635 bits per heavy atom. The van der Waals surface area contributed by atoms with Gasteiger partial charge >= 0.3 is 5.97 Å². The van der Waals surface area contributed by atoms with Gasteiger partial charge in [0, 0.05) is 0 Å². The van der Waals surface area contributed by atoms with Crippen molar-refractivity contribution in [2.45, 2.75) is 210 Å². The van der Waals surface area contributed by atoms with Gasteiger partial charge in [-0.15, -0.1) is 0 Å². The van der Waals surface area contributed by atoms with E-state index in [2.05, 4.69) is 34.6 Å². The smallest absolute Gasteiger partial charge is 0.315 e. The van der Waals surface area contributed by atoms with E-state index in [0.717, 1.165) is 51.4 Å². The lowest BCUT2D eigenvalue weighted by atomic mass is 9.42. The Kier molecular flexibility index (Phi) is 13.4. The van der Waals surface area contributed by atoms with Crippen LogP contribution in [0.2, 0.25) is 0 Å². The van der Waals surface area contributed by atoms with Gasteiger partial charge in [0.05, 0.1) is 30.8 Å². The molecule has 3 saturated heterocycles. The highest BCUT2D eigenvalue weighted by Gasteiger charge is 2.63. The molecule has 0 aromatic carbocycles. The fourth-order valence-electron chi connectivity index (χ4n) is 14.1. The zero-order chi connectivity index (χ0) is 45.7. The molecule has 0 amide bonds. The molecule has 6 fully saturated rings. The van der Waals surface area contributed by atoms with Crippen LogP contribution in [0.5, 0.6) is 0 Å². The lowest BCUT2D eigenvalue weighted by Gasteiger charge is -2.64. The Labute approximate surface area is 369 Å². The van der Waals surface area contributed by atoms with E-state index in [4.69, 9.17) is 28.4 Å². The van der Waals surface area contributed by atoms with Crippen LogP contribution in [0.1, 0.15) is 112 Å². The van der Waals surface area contributed by atoms with Crippen molar-refractivity contribution in [1.82, 2.24) is 0 Å². The van der Waals surface area contributed by atoms with Crippen LogP contribution in [0, 0.1) is 45.3 Å². The first-order valence-corrected chi connectivity index (χ1v) is 23.5. The highest BCUT2D eigenvalue weighted by Crippen LogP contribution is 2.68. The van der Waals surface area contributed by atoms with Crippen molar-refractivity contribution in [3.8, 4) is 0 Å². The maximum absolute atomic E-state index is 14.5. The molecule has 8 aliphatic rings. The Balaban J connectivity index is 0.957. The number of hydrogen-bond donors (Lipinski definition) is 10.